The molecule has 16 heavy (non-hydrogen) atoms. The molecule has 2 heterocycles. The van der Waals surface area contributed by atoms with Gasteiger partial charge >= 0.3 is 0 Å². The number of rotatable bonds is 3. The summed E-state index contributed by atoms with van der Waals surface area (Å²) in [6, 6.07) is 0. The molecule has 90 valence electrons. The lowest BCUT2D eigenvalue weighted by atomic mass is 10.0. The van der Waals surface area contributed by atoms with Gasteiger partial charge < -0.3 is 5.32 Å². The van der Waals surface area contributed by atoms with Gasteiger partial charge in [0.2, 0.25) is 0 Å². The fourth-order valence-corrected chi connectivity index (χ4v) is 2.42. The fourth-order valence-electron chi connectivity index (χ4n) is 2.42. The molecular formula is C13H23N3. The van der Waals surface area contributed by atoms with Crippen LogP contribution in [0, 0.1) is 5.92 Å². The molecule has 1 aromatic heterocycles. The van der Waals surface area contributed by atoms with Crippen molar-refractivity contribution in [3.63, 3.8) is 0 Å². The summed E-state index contributed by atoms with van der Waals surface area (Å²) in [7, 11) is 0. The first-order valence-corrected chi connectivity index (χ1v) is 6.54. The van der Waals surface area contributed by atoms with Crippen molar-refractivity contribution in [1.29, 1.82) is 0 Å². The predicted molar refractivity (Wildman–Crippen MR) is 67.9 cm³/mol. The number of aryl methyl sites for hydroxylation is 1. The van der Waals surface area contributed by atoms with E-state index >= 15 is 0 Å². The zero-order valence-electron chi connectivity index (χ0n) is 10.7. The molecule has 0 amide bonds. The predicted octanol–water partition coefficient (Wildman–Crippen LogP) is 2.85. The molecule has 1 aromatic rings. The van der Waals surface area contributed by atoms with E-state index in [9.17, 15) is 0 Å². The van der Waals surface area contributed by atoms with Crippen LogP contribution in [0.15, 0.2) is 0 Å². The minimum atomic E-state index is 0.688. The first-order valence-electron chi connectivity index (χ1n) is 6.54. The van der Waals surface area contributed by atoms with E-state index < -0.39 is 0 Å². The van der Waals surface area contributed by atoms with Gasteiger partial charge in [0.05, 0.1) is 5.69 Å². The average Bonchev–Trinajstić information content (AvgIpc) is 2.45. The number of nitrogens with zero attached hydrogens (tertiary/aromatic N) is 2. The zero-order valence-corrected chi connectivity index (χ0v) is 10.7. The summed E-state index contributed by atoms with van der Waals surface area (Å²) in [6.45, 7) is 8.76. The standard InChI is InChI=1S/C13H23N3/c1-4-16-13-11(7-5-6-8-14-13)12(15-16)9-10(2)3/h10,14H,4-9H2,1-3H3. The van der Waals surface area contributed by atoms with Gasteiger partial charge in [-0.05, 0) is 38.5 Å². The van der Waals surface area contributed by atoms with Crippen LogP contribution in [0.25, 0.3) is 0 Å². The summed E-state index contributed by atoms with van der Waals surface area (Å²) in [5, 5.41) is 8.29. The SMILES string of the molecule is CCn1nc(CC(C)C)c2c1NCCCC2. The lowest BCUT2D eigenvalue weighted by Crippen LogP contribution is -2.07. The number of hydrogen-bond donors (Lipinski definition) is 1. The highest BCUT2D eigenvalue weighted by molar-refractivity contribution is 5.49. The molecule has 0 aliphatic carbocycles. The van der Waals surface area contributed by atoms with E-state index in [2.05, 4.69) is 30.8 Å². The fraction of sp³-hybridized carbons (Fsp3) is 0.769. The first-order chi connectivity index (χ1) is 7.72. The van der Waals surface area contributed by atoms with Gasteiger partial charge in [-0.1, -0.05) is 13.8 Å². The van der Waals surface area contributed by atoms with Crippen LogP contribution in [0.3, 0.4) is 0 Å². The molecule has 0 unspecified atom stereocenters. The first kappa shape index (κ1) is 11.5. The van der Waals surface area contributed by atoms with E-state index in [4.69, 9.17) is 5.10 Å². The van der Waals surface area contributed by atoms with E-state index in [1.807, 2.05) is 0 Å². The molecule has 0 aromatic carbocycles. The Hall–Kier alpha value is -0.990. The second-order valence-corrected chi connectivity index (χ2v) is 5.07. The molecule has 3 heteroatoms. The van der Waals surface area contributed by atoms with E-state index in [0.717, 1.165) is 19.5 Å². The zero-order chi connectivity index (χ0) is 11.5. The maximum Gasteiger partial charge on any atom is 0.127 e. The Labute approximate surface area is 98.2 Å². The Morgan fingerprint density at radius 1 is 1.38 bits per heavy atom. The highest BCUT2D eigenvalue weighted by Crippen LogP contribution is 2.26. The van der Waals surface area contributed by atoms with Crippen LogP contribution in [-0.2, 0) is 19.4 Å². The minimum Gasteiger partial charge on any atom is -0.370 e. The van der Waals surface area contributed by atoms with Gasteiger partial charge in [-0.2, -0.15) is 5.10 Å². The van der Waals surface area contributed by atoms with Crippen molar-refractivity contribution in [3.8, 4) is 0 Å². The van der Waals surface area contributed by atoms with Crippen LogP contribution in [0.4, 0.5) is 5.82 Å². The lowest BCUT2D eigenvalue weighted by Gasteiger charge is -2.06. The summed E-state index contributed by atoms with van der Waals surface area (Å²) < 4.78 is 2.14. The van der Waals surface area contributed by atoms with Crippen LogP contribution in [-0.4, -0.2) is 16.3 Å². The maximum atomic E-state index is 4.75. The van der Waals surface area contributed by atoms with E-state index in [-0.39, 0.29) is 0 Å². The topological polar surface area (TPSA) is 29.9 Å². The highest BCUT2D eigenvalue weighted by atomic mass is 15.3. The number of nitrogens with one attached hydrogen (secondary N) is 1. The molecule has 0 saturated heterocycles. The molecule has 1 N–H and O–H groups in total. The van der Waals surface area contributed by atoms with Crippen LogP contribution < -0.4 is 5.32 Å². The molecule has 0 spiro atoms. The quantitative estimate of drug-likeness (QED) is 0.850. The molecular weight excluding hydrogens is 198 g/mol. The van der Waals surface area contributed by atoms with Crippen LogP contribution >= 0.6 is 0 Å². The minimum absolute atomic E-state index is 0.688. The molecule has 0 fully saturated rings. The van der Waals surface area contributed by atoms with Gasteiger partial charge in [-0.25, -0.2) is 4.68 Å². The highest BCUT2D eigenvalue weighted by Gasteiger charge is 2.19. The second-order valence-electron chi connectivity index (χ2n) is 5.07. The van der Waals surface area contributed by atoms with E-state index in [0.29, 0.717) is 5.92 Å². The third-order valence-corrected chi connectivity index (χ3v) is 3.18. The van der Waals surface area contributed by atoms with Crippen molar-refractivity contribution in [1.82, 2.24) is 9.78 Å². The Morgan fingerprint density at radius 3 is 2.88 bits per heavy atom. The van der Waals surface area contributed by atoms with Gasteiger partial charge in [0.15, 0.2) is 0 Å². The second kappa shape index (κ2) is 4.89. The van der Waals surface area contributed by atoms with Gasteiger partial charge in [0.25, 0.3) is 0 Å². The Morgan fingerprint density at radius 2 is 2.19 bits per heavy atom. The van der Waals surface area contributed by atoms with Crippen molar-refractivity contribution < 1.29 is 0 Å². The Kier molecular flexibility index (Phi) is 3.52. The average molecular weight is 221 g/mol. The van der Waals surface area contributed by atoms with Gasteiger partial charge in [-0.3, -0.25) is 0 Å². The van der Waals surface area contributed by atoms with E-state index in [1.54, 1.807) is 0 Å². The van der Waals surface area contributed by atoms with Gasteiger partial charge in [0.1, 0.15) is 5.82 Å². The van der Waals surface area contributed by atoms with Crippen molar-refractivity contribution in [2.24, 2.45) is 5.92 Å². The lowest BCUT2D eigenvalue weighted by molar-refractivity contribution is 0.597. The van der Waals surface area contributed by atoms with Crippen molar-refractivity contribution >= 4 is 5.82 Å². The van der Waals surface area contributed by atoms with Crippen molar-refractivity contribution in [2.45, 2.75) is 53.0 Å². The molecule has 1 aliphatic rings. The normalized spacial score (nSPS) is 15.8. The molecule has 1 aliphatic heterocycles. The summed E-state index contributed by atoms with van der Waals surface area (Å²) in [5.41, 5.74) is 2.80. The smallest absolute Gasteiger partial charge is 0.127 e. The van der Waals surface area contributed by atoms with Gasteiger partial charge in [0, 0.05) is 18.7 Å². The summed E-state index contributed by atoms with van der Waals surface area (Å²) in [6.07, 6.45) is 4.88. The molecule has 0 saturated carbocycles. The largest absolute Gasteiger partial charge is 0.370 e. The molecule has 0 atom stereocenters. The number of aromatic nitrogens is 2. The summed E-state index contributed by atoms with van der Waals surface area (Å²) in [4.78, 5) is 0. The third kappa shape index (κ3) is 2.23. The van der Waals surface area contributed by atoms with Crippen LogP contribution in [0.2, 0.25) is 0 Å². The molecule has 2 rings (SSSR count). The summed E-state index contributed by atoms with van der Waals surface area (Å²) >= 11 is 0. The van der Waals surface area contributed by atoms with Gasteiger partial charge in [-0.15, -0.1) is 0 Å². The van der Waals surface area contributed by atoms with Crippen molar-refractivity contribution in [2.75, 3.05) is 11.9 Å². The van der Waals surface area contributed by atoms with Crippen LogP contribution in [0.5, 0.6) is 0 Å². The monoisotopic (exact) mass is 221 g/mol. The molecule has 0 radical (unpaired) electrons. The Bertz CT molecular complexity index is 352. The van der Waals surface area contributed by atoms with Crippen molar-refractivity contribution in [3.05, 3.63) is 11.3 Å². The summed E-state index contributed by atoms with van der Waals surface area (Å²) in [5.74, 6) is 1.98. The third-order valence-electron chi connectivity index (χ3n) is 3.18. The Balaban J connectivity index is 2.34. The van der Waals surface area contributed by atoms with Crippen LogP contribution in [0.1, 0.15) is 44.9 Å². The van der Waals surface area contributed by atoms with E-state index in [1.165, 1.54) is 36.3 Å². The molecule has 3 nitrogen and oxygen atoms in total. The molecule has 0 bridgehead atoms. The number of anilines is 1. The number of hydrogen-bond acceptors (Lipinski definition) is 2. The maximum absolute atomic E-state index is 4.75. The number of fused-ring (bicyclic) bond motifs is 1.